The maximum absolute atomic E-state index is 4.44. The lowest BCUT2D eigenvalue weighted by Crippen LogP contribution is -2.01. The second-order valence-electron chi connectivity index (χ2n) is 8.12. The Morgan fingerprint density at radius 2 is 1.22 bits per heavy atom. The summed E-state index contributed by atoms with van der Waals surface area (Å²) in [5, 5.41) is 4.94. The smallest absolute Gasteiger partial charge is 0.160 e. The van der Waals surface area contributed by atoms with Crippen LogP contribution < -0.4 is 0 Å². The maximum Gasteiger partial charge on any atom is 0.160 e. The van der Waals surface area contributed by atoms with Gasteiger partial charge in [-0.3, -0.25) is 0 Å². The Bertz CT molecular complexity index is 620. The van der Waals surface area contributed by atoms with Crippen LogP contribution in [0.4, 0.5) is 0 Å². The predicted octanol–water partition coefficient (Wildman–Crippen LogP) is 11.0. The molecule has 0 saturated carbocycles. The number of hydrogen-bond acceptors (Lipinski definition) is 8. The van der Waals surface area contributed by atoms with Gasteiger partial charge < -0.3 is 0 Å². The van der Waals surface area contributed by atoms with E-state index in [1.165, 1.54) is 111 Å². The summed E-state index contributed by atoms with van der Waals surface area (Å²) in [6.45, 7) is 2.30. The topological polar surface area (TPSA) is 25.8 Å². The highest BCUT2D eigenvalue weighted by atomic mass is 33.1. The molecule has 0 N–H and O–H groups in total. The van der Waals surface area contributed by atoms with Crippen molar-refractivity contribution in [2.24, 2.45) is 0 Å². The van der Waals surface area contributed by atoms with Crippen LogP contribution in [0.3, 0.4) is 0 Å². The molecule has 1 atom stereocenters. The molecule has 0 aliphatic rings. The Hall–Kier alpha value is 0.660. The van der Waals surface area contributed by atoms with Gasteiger partial charge in [-0.25, -0.2) is 9.97 Å². The summed E-state index contributed by atoms with van der Waals surface area (Å²) in [5.74, 6) is 1.25. The number of hydrogen-bond donors (Lipinski definition) is 0. The van der Waals surface area contributed by atoms with Crippen molar-refractivity contribution in [2.45, 2.75) is 117 Å². The van der Waals surface area contributed by atoms with Crippen molar-refractivity contribution in [3.05, 3.63) is 23.2 Å². The van der Waals surface area contributed by atoms with E-state index in [4.69, 9.17) is 0 Å². The Labute approximate surface area is 220 Å². The zero-order chi connectivity index (χ0) is 22.5. The van der Waals surface area contributed by atoms with Crippen molar-refractivity contribution in [1.82, 2.24) is 9.97 Å². The van der Waals surface area contributed by atoms with E-state index in [0.29, 0.717) is 0 Å². The van der Waals surface area contributed by atoms with Gasteiger partial charge >= 0.3 is 0 Å². The fourth-order valence-electron chi connectivity index (χ4n) is 3.51. The summed E-state index contributed by atoms with van der Waals surface area (Å²) in [7, 11) is 7.78. The largest absolute Gasteiger partial charge is 0.237 e. The SMILES string of the molecule is CCCCCCCCC(CCCCCCCCCSSc1nccs1)SSc1nccs1. The molecule has 0 amide bonds. The first-order chi connectivity index (χ1) is 15.9. The van der Waals surface area contributed by atoms with Gasteiger partial charge in [-0.1, -0.05) is 106 Å². The highest BCUT2D eigenvalue weighted by Gasteiger charge is 2.11. The van der Waals surface area contributed by atoms with E-state index >= 15 is 0 Å². The minimum Gasteiger partial charge on any atom is -0.237 e. The van der Waals surface area contributed by atoms with Gasteiger partial charge in [0.1, 0.15) is 0 Å². The molecule has 2 heterocycles. The minimum absolute atomic E-state index is 0.794. The van der Waals surface area contributed by atoms with Crippen LogP contribution in [-0.2, 0) is 0 Å². The molecule has 0 aromatic carbocycles. The van der Waals surface area contributed by atoms with Crippen LogP contribution in [0.25, 0.3) is 0 Å². The van der Waals surface area contributed by atoms with Crippen LogP contribution in [0.2, 0.25) is 0 Å². The molecular formula is C24H40N2S6. The van der Waals surface area contributed by atoms with Crippen molar-refractivity contribution in [2.75, 3.05) is 5.75 Å². The number of unbranched alkanes of at least 4 members (excludes halogenated alkanes) is 11. The summed E-state index contributed by atoms with van der Waals surface area (Å²) in [5.41, 5.74) is 0. The highest BCUT2D eigenvalue weighted by Crippen LogP contribution is 2.39. The summed E-state index contributed by atoms with van der Waals surface area (Å²) < 4.78 is 2.40. The number of thiazole rings is 2. The van der Waals surface area contributed by atoms with Gasteiger partial charge in [0, 0.05) is 34.2 Å². The average Bonchev–Trinajstić information content (AvgIpc) is 3.52. The van der Waals surface area contributed by atoms with E-state index in [9.17, 15) is 0 Å². The Morgan fingerprint density at radius 3 is 1.78 bits per heavy atom. The average molecular weight is 549 g/mol. The molecule has 182 valence electrons. The first-order valence-corrected chi connectivity index (χ1v) is 18.6. The van der Waals surface area contributed by atoms with Gasteiger partial charge in [0.2, 0.25) is 0 Å². The molecule has 0 spiro atoms. The quantitative estimate of drug-likeness (QED) is 0.107. The second kappa shape index (κ2) is 21.0. The van der Waals surface area contributed by atoms with Crippen LogP contribution in [0.5, 0.6) is 0 Å². The van der Waals surface area contributed by atoms with E-state index in [1.54, 1.807) is 22.7 Å². The zero-order valence-electron chi connectivity index (χ0n) is 19.5. The van der Waals surface area contributed by atoms with Crippen molar-refractivity contribution in [3.63, 3.8) is 0 Å². The van der Waals surface area contributed by atoms with Crippen molar-refractivity contribution < 1.29 is 0 Å². The number of nitrogens with zero attached hydrogens (tertiary/aromatic N) is 2. The molecule has 2 aromatic heterocycles. The summed E-state index contributed by atoms with van der Waals surface area (Å²) in [6, 6.07) is 0. The Morgan fingerprint density at radius 1 is 0.688 bits per heavy atom. The Balaban J connectivity index is 1.45. The van der Waals surface area contributed by atoms with Crippen LogP contribution in [0, 0.1) is 0 Å². The molecule has 2 aromatic rings. The van der Waals surface area contributed by atoms with Crippen LogP contribution >= 0.6 is 65.8 Å². The second-order valence-corrected chi connectivity index (χ2v) is 15.3. The normalized spacial score (nSPS) is 12.4. The molecule has 0 radical (unpaired) electrons. The van der Waals surface area contributed by atoms with Crippen LogP contribution in [0.1, 0.15) is 103 Å². The molecule has 2 nitrogen and oxygen atoms in total. The molecule has 32 heavy (non-hydrogen) atoms. The predicted molar refractivity (Wildman–Crippen MR) is 155 cm³/mol. The van der Waals surface area contributed by atoms with Gasteiger partial charge in [0.15, 0.2) is 8.68 Å². The van der Waals surface area contributed by atoms with Crippen molar-refractivity contribution in [3.8, 4) is 0 Å². The minimum atomic E-state index is 0.794. The molecule has 0 saturated heterocycles. The maximum atomic E-state index is 4.44. The molecule has 2 rings (SSSR count). The third kappa shape index (κ3) is 15.5. The molecule has 8 heteroatoms. The summed E-state index contributed by atoms with van der Waals surface area (Å²) in [4.78, 5) is 8.76. The lowest BCUT2D eigenvalue weighted by atomic mass is 10.0. The standard InChI is InChI=1S/C24H40N2S6/c1-2-3-4-5-9-12-15-22(30-32-24-26-18-21-28-24)16-13-10-7-6-8-11-14-19-29-31-23-25-17-20-27-23/h17-18,20-22H,2-16,19H2,1H3. The van der Waals surface area contributed by atoms with Gasteiger partial charge in [0.25, 0.3) is 0 Å². The molecule has 0 bridgehead atoms. The third-order valence-corrected chi connectivity index (χ3v) is 13.0. The Kier molecular flexibility index (Phi) is 18.9. The number of rotatable bonds is 22. The third-order valence-electron chi connectivity index (χ3n) is 5.34. The van der Waals surface area contributed by atoms with E-state index in [2.05, 4.69) is 38.4 Å². The molecule has 0 aliphatic heterocycles. The molecule has 1 unspecified atom stereocenters. The molecule has 0 aliphatic carbocycles. The van der Waals surface area contributed by atoms with Crippen LogP contribution in [0.15, 0.2) is 31.8 Å². The molecule has 0 fully saturated rings. The van der Waals surface area contributed by atoms with E-state index < -0.39 is 0 Å². The van der Waals surface area contributed by atoms with E-state index in [1.807, 2.05) is 44.8 Å². The number of aromatic nitrogens is 2. The van der Waals surface area contributed by atoms with Gasteiger partial charge in [0.05, 0.1) is 0 Å². The van der Waals surface area contributed by atoms with E-state index in [0.717, 1.165) is 5.25 Å². The van der Waals surface area contributed by atoms with Crippen LogP contribution in [-0.4, -0.2) is 21.0 Å². The molecular weight excluding hydrogens is 509 g/mol. The van der Waals surface area contributed by atoms with Gasteiger partial charge in [-0.2, -0.15) is 0 Å². The lowest BCUT2D eigenvalue weighted by Gasteiger charge is -2.15. The van der Waals surface area contributed by atoms with Gasteiger partial charge in [-0.15, -0.1) is 22.7 Å². The summed E-state index contributed by atoms with van der Waals surface area (Å²) >= 11 is 3.51. The van der Waals surface area contributed by atoms with Crippen molar-refractivity contribution in [1.29, 1.82) is 0 Å². The fraction of sp³-hybridized carbons (Fsp3) is 0.750. The first kappa shape index (κ1) is 28.9. The van der Waals surface area contributed by atoms with Crippen molar-refractivity contribution >= 4 is 65.8 Å². The fourth-order valence-corrected chi connectivity index (χ4v) is 10.2. The highest BCUT2D eigenvalue weighted by molar-refractivity contribution is 8.77. The van der Waals surface area contributed by atoms with E-state index in [-0.39, 0.29) is 0 Å². The summed E-state index contributed by atoms with van der Waals surface area (Å²) in [6.07, 6.45) is 24.7. The first-order valence-electron chi connectivity index (χ1n) is 12.3. The monoisotopic (exact) mass is 548 g/mol. The zero-order valence-corrected chi connectivity index (χ0v) is 24.4. The van der Waals surface area contributed by atoms with Gasteiger partial charge in [-0.05, 0) is 40.9 Å². The lowest BCUT2D eigenvalue weighted by molar-refractivity contribution is 0.540.